The fourth-order valence-electron chi connectivity index (χ4n) is 1.71. The molecule has 22 heavy (non-hydrogen) atoms. The number of alkyl carbamates (subject to hydrolysis) is 1. The molecule has 0 fully saturated rings. The van der Waals surface area contributed by atoms with E-state index in [0.29, 0.717) is 16.4 Å². The summed E-state index contributed by atoms with van der Waals surface area (Å²) in [5.74, 6) is 0.577. The number of carbonyl (C=O) groups is 1. The number of carbonyl (C=O) groups excluding carboxylic acids is 1. The third kappa shape index (κ3) is 6.25. The Morgan fingerprint density at radius 1 is 1.32 bits per heavy atom. The average molecular weight is 329 g/mol. The quantitative estimate of drug-likeness (QED) is 0.789. The maximum absolute atomic E-state index is 12.0. The number of amides is 1. The predicted molar refractivity (Wildman–Crippen MR) is 86.9 cm³/mol. The first-order valence-electron chi connectivity index (χ1n) is 7.62. The second-order valence-electron chi connectivity index (χ2n) is 6.58. The van der Waals surface area contributed by atoms with E-state index in [0.717, 1.165) is 6.42 Å². The van der Waals surface area contributed by atoms with Crippen molar-refractivity contribution in [1.29, 1.82) is 0 Å². The highest BCUT2D eigenvalue weighted by Crippen LogP contribution is 2.28. The van der Waals surface area contributed by atoms with Crippen molar-refractivity contribution in [2.24, 2.45) is 5.92 Å². The molecule has 1 amide bonds. The molecule has 6 nitrogen and oxygen atoms in total. The number of nitrogens with one attached hydrogen (secondary N) is 1. The van der Waals surface area contributed by atoms with Gasteiger partial charge in [0, 0.05) is 5.25 Å². The summed E-state index contributed by atoms with van der Waals surface area (Å²) in [6, 6.07) is -0.353. The van der Waals surface area contributed by atoms with Gasteiger partial charge < -0.3 is 14.5 Å². The SMILES string of the molecule is CC[C@@H](C)[C@H](NC(=O)OC(C)(C)C)c1nnc(SC(C)C)o1. The Kier molecular flexibility index (Phi) is 6.71. The Bertz CT molecular complexity index is 483. The summed E-state index contributed by atoms with van der Waals surface area (Å²) < 4.78 is 11.0. The molecule has 0 aliphatic carbocycles. The number of thioether (sulfide) groups is 1. The zero-order valence-electron chi connectivity index (χ0n) is 14.5. The van der Waals surface area contributed by atoms with Crippen LogP contribution in [0.15, 0.2) is 9.64 Å². The number of hydrogen-bond donors (Lipinski definition) is 1. The number of rotatable bonds is 6. The maximum Gasteiger partial charge on any atom is 0.408 e. The third-order valence-electron chi connectivity index (χ3n) is 2.91. The molecule has 0 saturated carbocycles. The monoisotopic (exact) mass is 329 g/mol. The average Bonchev–Trinajstić information content (AvgIpc) is 2.80. The van der Waals surface area contributed by atoms with Crippen molar-refractivity contribution in [2.45, 2.75) is 77.0 Å². The van der Waals surface area contributed by atoms with Crippen molar-refractivity contribution in [1.82, 2.24) is 15.5 Å². The Hall–Kier alpha value is -1.24. The van der Waals surface area contributed by atoms with Gasteiger partial charge in [-0.2, -0.15) is 0 Å². The molecule has 1 aromatic rings. The van der Waals surface area contributed by atoms with Gasteiger partial charge in [-0.15, -0.1) is 10.2 Å². The van der Waals surface area contributed by atoms with Gasteiger partial charge in [0.25, 0.3) is 5.22 Å². The molecule has 0 aliphatic rings. The highest BCUT2D eigenvalue weighted by Gasteiger charge is 2.28. The minimum atomic E-state index is -0.544. The van der Waals surface area contributed by atoms with Crippen molar-refractivity contribution in [3.63, 3.8) is 0 Å². The Labute approximate surface area is 136 Å². The maximum atomic E-state index is 12.0. The second kappa shape index (κ2) is 7.85. The molecule has 2 atom stereocenters. The molecule has 0 spiro atoms. The molecular weight excluding hydrogens is 302 g/mol. The lowest BCUT2D eigenvalue weighted by Crippen LogP contribution is -2.37. The van der Waals surface area contributed by atoms with E-state index >= 15 is 0 Å². The number of hydrogen-bond acceptors (Lipinski definition) is 6. The number of ether oxygens (including phenoxy) is 1. The van der Waals surface area contributed by atoms with Crippen LogP contribution in [-0.2, 0) is 4.74 Å². The van der Waals surface area contributed by atoms with Crippen molar-refractivity contribution in [2.75, 3.05) is 0 Å². The Morgan fingerprint density at radius 2 is 1.95 bits per heavy atom. The summed E-state index contributed by atoms with van der Waals surface area (Å²) >= 11 is 1.50. The fraction of sp³-hybridized carbons (Fsp3) is 0.800. The lowest BCUT2D eigenvalue weighted by molar-refractivity contribution is 0.0473. The Morgan fingerprint density at radius 3 is 2.45 bits per heavy atom. The predicted octanol–water partition coefficient (Wildman–Crippen LogP) is 4.18. The van der Waals surface area contributed by atoms with Crippen LogP contribution in [0.3, 0.4) is 0 Å². The van der Waals surface area contributed by atoms with Crippen LogP contribution in [0.2, 0.25) is 0 Å². The summed E-state index contributed by atoms with van der Waals surface area (Å²) in [4.78, 5) is 12.0. The topological polar surface area (TPSA) is 77.2 Å². The minimum absolute atomic E-state index is 0.157. The van der Waals surface area contributed by atoms with Crippen LogP contribution < -0.4 is 5.32 Å². The van der Waals surface area contributed by atoms with Gasteiger partial charge >= 0.3 is 6.09 Å². The summed E-state index contributed by atoms with van der Waals surface area (Å²) in [5.41, 5.74) is -0.544. The zero-order valence-corrected chi connectivity index (χ0v) is 15.3. The summed E-state index contributed by atoms with van der Waals surface area (Å²) in [6.45, 7) is 13.7. The van der Waals surface area contributed by atoms with E-state index in [-0.39, 0.29) is 12.0 Å². The van der Waals surface area contributed by atoms with Crippen LogP contribution in [0.1, 0.15) is 66.8 Å². The van der Waals surface area contributed by atoms with Crippen LogP contribution in [0.25, 0.3) is 0 Å². The molecule has 0 aromatic carbocycles. The van der Waals surface area contributed by atoms with Gasteiger partial charge in [-0.25, -0.2) is 4.79 Å². The van der Waals surface area contributed by atoms with Crippen molar-refractivity contribution < 1.29 is 13.9 Å². The van der Waals surface area contributed by atoms with Gasteiger partial charge in [0.05, 0.1) is 0 Å². The first kappa shape index (κ1) is 18.8. The lowest BCUT2D eigenvalue weighted by atomic mass is 9.99. The van der Waals surface area contributed by atoms with Crippen molar-refractivity contribution >= 4 is 17.9 Å². The summed E-state index contributed by atoms with van der Waals surface area (Å²) in [6.07, 6.45) is 0.393. The number of aromatic nitrogens is 2. The fourth-order valence-corrected chi connectivity index (χ4v) is 2.34. The van der Waals surface area contributed by atoms with Crippen molar-refractivity contribution in [3.8, 4) is 0 Å². The Balaban J connectivity index is 2.84. The molecule has 1 heterocycles. The van der Waals surface area contributed by atoms with Gasteiger partial charge in [0.2, 0.25) is 5.89 Å². The molecule has 1 rings (SSSR count). The summed E-state index contributed by atoms with van der Waals surface area (Å²) in [5, 5.41) is 11.8. The van der Waals surface area contributed by atoms with Crippen LogP contribution in [0, 0.1) is 5.92 Å². The van der Waals surface area contributed by atoms with E-state index < -0.39 is 11.7 Å². The van der Waals surface area contributed by atoms with Gasteiger partial charge in [0.15, 0.2) is 0 Å². The normalized spacial score (nSPS) is 14.7. The molecule has 0 saturated heterocycles. The van der Waals surface area contributed by atoms with E-state index in [9.17, 15) is 4.79 Å². The standard InChI is InChI=1S/C15H27N3O3S/c1-8-10(4)11(16-13(19)21-15(5,6)7)12-17-18-14(20-12)22-9(2)3/h9-11H,8H2,1-7H3,(H,16,19)/t10-,11+/m1/s1. The molecular formula is C15H27N3O3S. The van der Waals surface area contributed by atoms with Crippen molar-refractivity contribution in [3.05, 3.63) is 5.89 Å². The van der Waals surface area contributed by atoms with E-state index in [4.69, 9.17) is 9.15 Å². The zero-order chi connectivity index (χ0) is 16.9. The molecule has 0 aliphatic heterocycles. The van der Waals surface area contributed by atoms with Gasteiger partial charge in [-0.1, -0.05) is 45.9 Å². The highest BCUT2D eigenvalue weighted by molar-refractivity contribution is 7.99. The van der Waals surface area contributed by atoms with E-state index in [1.165, 1.54) is 11.8 Å². The number of nitrogens with zero attached hydrogens (tertiary/aromatic N) is 2. The third-order valence-corrected chi connectivity index (χ3v) is 3.75. The van der Waals surface area contributed by atoms with Crippen LogP contribution in [0.5, 0.6) is 0 Å². The first-order valence-corrected chi connectivity index (χ1v) is 8.50. The van der Waals surface area contributed by atoms with Gasteiger partial charge in [-0.3, -0.25) is 0 Å². The molecule has 1 aromatic heterocycles. The first-order chi connectivity index (χ1) is 10.1. The molecule has 0 radical (unpaired) electrons. The largest absolute Gasteiger partial charge is 0.444 e. The lowest BCUT2D eigenvalue weighted by Gasteiger charge is -2.24. The molecule has 0 bridgehead atoms. The molecule has 7 heteroatoms. The van der Waals surface area contributed by atoms with Crippen LogP contribution in [0.4, 0.5) is 4.79 Å². The minimum Gasteiger partial charge on any atom is -0.444 e. The smallest absolute Gasteiger partial charge is 0.408 e. The van der Waals surface area contributed by atoms with Crippen LogP contribution in [-0.4, -0.2) is 27.1 Å². The highest BCUT2D eigenvalue weighted by atomic mass is 32.2. The molecule has 1 N–H and O–H groups in total. The van der Waals surface area contributed by atoms with E-state index in [1.54, 1.807) is 0 Å². The van der Waals surface area contributed by atoms with Gasteiger partial charge in [-0.05, 0) is 26.7 Å². The van der Waals surface area contributed by atoms with Crippen LogP contribution >= 0.6 is 11.8 Å². The second-order valence-corrected chi connectivity index (χ2v) is 8.11. The van der Waals surface area contributed by atoms with Gasteiger partial charge in [0.1, 0.15) is 11.6 Å². The molecule has 0 unspecified atom stereocenters. The summed E-state index contributed by atoms with van der Waals surface area (Å²) in [7, 11) is 0. The molecule has 126 valence electrons. The van der Waals surface area contributed by atoms with E-state index in [1.807, 2.05) is 27.7 Å². The van der Waals surface area contributed by atoms with E-state index in [2.05, 4.69) is 36.3 Å².